The second-order valence-corrected chi connectivity index (χ2v) is 3.74. The third kappa shape index (κ3) is 2.23. The van der Waals surface area contributed by atoms with E-state index >= 15 is 0 Å². The van der Waals surface area contributed by atoms with Crippen molar-refractivity contribution < 1.29 is 4.79 Å². The molecule has 0 saturated carbocycles. The average Bonchev–Trinajstić information content (AvgIpc) is 2.68. The van der Waals surface area contributed by atoms with Crippen molar-refractivity contribution in [3.05, 3.63) is 23.8 Å². The zero-order chi connectivity index (χ0) is 11.5. The van der Waals surface area contributed by atoms with Crippen LogP contribution in [0, 0.1) is 0 Å². The Morgan fingerprint density at radius 3 is 2.50 bits per heavy atom. The van der Waals surface area contributed by atoms with Crippen molar-refractivity contribution in [3.8, 4) is 0 Å². The zero-order valence-corrected chi connectivity index (χ0v) is 8.86. The molecule has 0 radical (unpaired) electrons. The molecule has 0 fully saturated rings. The van der Waals surface area contributed by atoms with E-state index < -0.39 is 0 Å². The van der Waals surface area contributed by atoms with Crippen molar-refractivity contribution in [3.63, 3.8) is 0 Å². The number of nitrogens with zero attached hydrogens (tertiary/aromatic N) is 3. The van der Waals surface area contributed by atoms with Crippen molar-refractivity contribution in [2.45, 2.75) is 0 Å². The summed E-state index contributed by atoms with van der Waals surface area (Å²) in [5.74, 6) is -0.349. The van der Waals surface area contributed by atoms with Gasteiger partial charge in [-0.1, -0.05) is 9.59 Å². The Balaban J connectivity index is 2.21. The van der Waals surface area contributed by atoms with Gasteiger partial charge in [0.1, 0.15) is 0 Å². The number of amides is 1. The Bertz CT molecular complexity index is 491. The van der Waals surface area contributed by atoms with Crippen LogP contribution in [0.2, 0.25) is 0 Å². The van der Waals surface area contributed by atoms with Crippen LogP contribution in [0.15, 0.2) is 18.2 Å². The van der Waals surface area contributed by atoms with E-state index in [1.54, 1.807) is 6.07 Å². The van der Waals surface area contributed by atoms with E-state index in [9.17, 15) is 4.79 Å². The molecule has 2 rings (SSSR count). The van der Waals surface area contributed by atoms with Gasteiger partial charge in [0.25, 0.3) is 5.91 Å². The number of carbonyl (C=O) groups excluding carboxylic acids is 1. The first-order valence-corrected chi connectivity index (χ1v) is 5.05. The molecule has 0 spiro atoms. The molecule has 0 aliphatic heterocycles. The Hall–Kier alpha value is -2.22. The lowest BCUT2D eigenvalue weighted by Crippen LogP contribution is -2.12. The summed E-state index contributed by atoms with van der Waals surface area (Å²) in [6, 6.07) is 4.63. The van der Waals surface area contributed by atoms with Crippen molar-refractivity contribution in [1.29, 1.82) is 0 Å². The van der Waals surface area contributed by atoms with E-state index in [-0.39, 0.29) is 5.91 Å². The summed E-state index contributed by atoms with van der Waals surface area (Å²) in [5, 5.41) is 9.80. The molecule has 7 nitrogen and oxygen atoms in total. The summed E-state index contributed by atoms with van der Waals surface area (Å²) in [7, 11) is 0. The van der Waals surface area contributed by atoms with E-state index in [0.29, 0.717) is 22.1 Å². The predicted molar refractivity (Wildman–Crippen MR) is 60.9 cm³/mol. The lowest BCUT2D eigenvalue weighted by Gasteiger charge is -2.03. The topological polar surface area (TPSA) is 120 Å². The normalized spacial score (nSPS) is 10.0. The SMILES string of the molecule is Nc1cc(N)cc(C(=O)Nc2nnns2)c1. The summed E-state index contributed by atoms with van der Waals surface area (Å²) in [5.41, 5.74) is 12.4. The Labute approximate surface area is 94.6 Å². The van der Waals surface area contributed by atoms with Gasteiger partial charge in [0.05, 0.1) is 0 Å². The van der Waals surface area contributed by atoms with Gasteiger partial charge < -0.3 is 11.5 Å². The molecule has 1 amide bonds. The van der Waals surface area contributed by atoms with Gasteiger partial charge in [0.2, 0.25) is 5.13 Å². The minimum absolute atomic E-state index is 0.325. The van der Waals surface area contributed by atoms with Gasteiger partial charge in [-0.25, -0.2) is 0 Å². The number of rotatable bonds is 2. The molecular weight excluding hydrogens is 228 g/mol. The molecule has 16 heavy (non-hydrogen) atoms. The molecule has 8 heteroatoms. The highest BCUT2D eigenvalue weighted by Crippen LogP contribution is 2.15. The van der Waals surface area contributed by atoms with Crippen LogP contribution in [0.3, 0.4) is 0 Å². The molecule has 0 bridgehead atoms. The molecule has 0 aliphatic rings. The van der Waals surface area contributed by atoms with Crippen LogP contribution in [-0.4, -0.2) is 20.7 Å². The van der Waals surface area contributed by atoms with Crippen molar-refractivity contribution in [1.82, 2.24) is 14.8 Å². The molecule has 1 aromatic carbocycles. The van der Waals surface area contributed by atoms with Gasteiger partial charge in [0.15, 0.2) is 0 Å². The maximum atomic E-state index is 11.7. The molecule has 0 atom stereocenters. The van der Waals surface area contributed by atoms with Gasteiger partial charge in [-0.15, -0.1) is 0 Å². The number of hydrogen-bond donors (Lipinski definition) is 3. The average molecular weight is 236 g/mol. The van der Waals surface area contributed by atoms with Gasteiger partial charge in [-0.2, -0.15) is 0 Å². The first-order chi connectivity index (χ1) is 7.65. The van der Waals surface area contributed by atoms with Gasteiger partial charge >= 0.3 is 0 Å². The fraction of sp³-hybridized carbons (Fsp3) is 0. The fourth-order valence-corrected chi connectivity index (χ4v) is 1.52. The van der Waals surface area contributed by atoms with Crippen molar-refractivity contribution >= 4 is 33.9 Å². The van der Waals surface area contributed by atoms with Gasteiger partial charge in [-0.3, -0.25) is 10.1 Å². The number of benzene rings is 1. The number of nitrogens with one attached hydrogen (secondary N) is 1. The monoisotopic (exact) mass is 236 g/mol. The van der Waals surface area contributed by atoms with E-state index in [1.807, 2.05) is 0 Å². The molecule has 0 aliphatic carbocycles. The van der Waals surface area contributed by atoms with Gasteiger partial charge in [-0.05, 0) is 23.4 Å². The Kier molecular flexibility index (Phi) is 2.64. The number of nitrogens with two attached hydrogens (primary N) is 2. The molecule has 0 saturated heterocycles. The van der Waals surface area contributed by atoms with Crippen LogP contribution < -0.4 is 16.8 Å². The lowest BCUT2D eigenvalue weighted by atomic mass is 10.1. The Morgan fingerprint density at radius 2 is 1.94 bits per heavy atom. The summed E-state index contributed by atoms with van der Waals surface area (Å²) in [6.45, 7) is 0. The predicted octanol–water partition coefficient (Wildman–Crippen LogP) is 0.350. The van der Waals surface area contributed by atoms with Crippen molar-refractivity contribution in [2.75, 3.05) is 16.8 Å². The quantitative estimate of drug-likeness (QED) is 0.647. The summed E-state index contributed by atoms with van der Waals surface area (Å²) in [6.07, 6.45) is 0. The van der Waals surface area contributed by atoms with Crippen LogP contribution in [-0.2, 0) is 0 Å². The third-order valence-corrected chi connectivity index (χ3v) is 2.27. The van der Waals surface area contributed by atoms with E-state index in [0.717, 1.165) is 11.5 Å². The maximum Gasteiger partial charge on any atom is 0.257 e. The molecule has 5 N–H and O–H groups in total. The fourth-order valence-electron chi connectivity index (χ4n) is 1.16. The standard InChI is InChI=1S/C8H8N6OS/c9-5-1-4(2-6(10)3-5)7(15)11-8-12-13-14-16-8/h1-3H,9-10H2,(H,11,12,14,15). The molecular formula is C8H8N6OS. The highest BCUT2D eigenvalue weighted by Gasteiger charge is 2.09. The number of anilines is 3. The largest absolute Gasteiger partial charge is 0.399 e. The van der Waals surface area contributed by atoms with Crippen LogP contribution in [0.4, 0.5) is 16.5 Å². The molecule has 1 aromatic heterocycles. The number of carbonyl (C=O) groups is 1. The number of hydrogen-bond acceptors (Lipinski definition) is 7. The van der Waals surface area contributed by atoms with Crippen LogP contribution >= 0.6 is 11.5 Å². The number of nitrogen functional groups attached to an aromatic ring is 2. The Morgan fingerprint density at radius 1 is 1.25 bits per heavy atom. The third-order valence-electron chi connectivity index (χ3n) is 1.76. The highest BCUT2D eigenvalue weighted by atomic mass is 32.1. The van der Waals surface area contributed by atoms with E-state index in [1.165, 1.54) is 12.1 Å². The minimum Gasteiger partial charge on any atom is -0.399 e. The van der Waals surface area contributed by atoms with Crippen molar-refractivity contribution in [2.24, 2.45) is 0 Å². The molecule has 1 heterocycles. The summed E-state index contributed by atoms with van der Waals surface area (Å²) in [4.78, 5) is 11.7. The molecule has 82 valence electrons. The second-order valence-electron chi connectivity index (χ2n) is 3.01. The molecule has 2 aromatic rings. The maximum absolute atomic E-state index is 11.7. The van der Waals surface area contributed by atoms with Crippen LogP contribution in [0.25, 0.3) is 0 Å². The highest BCUT2D eigenvalue weighted by molar-refractivity contribution is 7.09. The first kappa shape index (κ1) is 10.3. The lowest BCUT2D eigenvalue weighted by molar-refractivity contribution is 0.102. The van der Waals surface area contributed by atoms with Gasteiger partial charge in [0, 0.05) is 28.5 Å². The summed E-state index contributed by atoms with van der Waals surface area (Å²) >= 11 is 0.988. The van der Waals surface area contributed by atoms with Crippen LogP contribution in [0.5, 0.6) is 0 Å². The van der Waals surface area contributed by atoms with E-state index in [4.69, 9.17) is 11.5 Å². The number of aromatic nitrogens is 3. The first-order valence-electron chi connectivity index (χ1n) is 4.27. The summed E-state index contributed by atoms with van der Waals surface area (Å²) < 4.78 is 3.52. The van der Waals surface area contributed by atoms with E-state index in [2.05, 4.69) is 20.1 Å². The van der Waals surface area contributed by atoms with Crippen LogP contribution in [0.1, 0.15) is 10.4 Å². The second kappa shape index (κ2) is 4.11. The molecule has 0 unspecified atom stereocenters. The smallest absolute Gasteiger partial charge is 0.257 e. The minimum atomic E-state index is -0.349. The zero-order valence-electron chi connectivity index (χ0n) is 8.04.